The normalized spacial score (nSPS) is 16.0. The number of likely N-dealkylation sites (tertiary alicyclic amines) is 1. The molecule has 1 unspecified atom stereocenters. The second-order valence-corrected chi connectivity index (χ2v) is 7.95. The number of likely N-dealkylation sites (N-methyl/N-ethyl adjacent to an activating group) is 1. The summed E-state index contributed by atoms with van der Waals surface area (Å²) in [5.74, 6) is -1.54. The van der Waals surface area contributed by atoms with Crippen LogP contribution in [0.3, 0.4) is 0 Å². The third kappa shape index (κ3) is 6.23. The number of carboxylic acids is 1. The lowest BCUT2D eigenvalue weighted by Crippen LogP contribution is -2.46. The van der Waals surface area contributed by atoms with Crippen molar-refractivity contribution < 1.29 is 23.9 Å². The number of carboxylic acid groups (broad SMARTS) is 1. The Labute approximate surface area is 162 Å². The average molecular weight is 396 g/mol. The summed E-state index contributed by atoms with van der Waals surface area (Å²) < 4.78 is 12.9. The Morgan fingerprint density at radius 2 is 1.85 bits per heavy atom. The van der Waals surface area contributed by atoms with Gasteiger partial charge in [-0.25, -0.2) is 4.39 Å². The van der Waals surface area contributed by atoms with Crippen molar-refractivity contribution in [2.24, 2.45) is 11.8 Å². The van der Waals surface area contributed by atoms with E-state index in [1.807, 2.05) is 0 Å². The van der Waals surface area contributed by atoms with E-state index in [0.29, 0.717) is 31.7 Å². The predicted octanol–water partition coefficient (Wildman–Crippen LogP) is 2.34. The van der Waals surface area contributed by atoms with Gasteiger partial charge >= 0.3 is 5.97 Å². The van der Waals surface area contributed by atoms with Crippen LogP contribution in [0.25, 0.3) is 0 Å². The van der Waals surface area contributed by atoms with Gasteiger partial charge in [-0.05, 0) is 37.1 Å². The van der Waals surface area contributed by atoms with Crippen molar-refractivity contribution in [3.05, 3.63) is 30.1 Å². The van der Waals surface area contributed by atoms with Gasteiger partial charge in [0.25, 0.3) is 0 Å². The molecule has 0 bridgehead atoms. The number of amides is 2. The van der Waals surface area contributed by atoms with Gasteiger partial charge in [-0.3, -0.25) is 14.4 Å². The fourth-order valence-electron chi connectivity index (χ4n) is 2.96. The second kappa shape index (κ2) is 9.73. The molecule has 1 atom stereocenters. The van der Waals surface area contributed by atoms with Crippen LogP contribution in [0, 0.1) is 17.7 Å². The highest BCUT2D eigenvalue weighted by Gasteiger charge is 2.28. The van der Waals surface area contributed by atoms with Crippen LogP contribution in [-0.4, -0.2) is 65.1 Å². The van der Waals surface area contributed by atoms with Crippen LogP contribution in [0.1, 0.15) is 19.8 Å². The van der Waals surface area contributed by atoms with Crippen LogP contribution in [-0.2, 0) is 14.4 Å². The van der Waals surface area contributed by atoms with Crippen LogP contribution in [0.5, 0.6) is 0 Å². The Balaban J connectivity index is 1.77. The Morgan fingerprint density at radius 3 is 2.41 bits per heavy atom. The third-order valence-corrected chi connectivity index (χ3v) is 5.95. The molecule has 8 heteroatoms. The summed E-state index contributed by atoms with van der Waals surface area (Å²) in [5.41, 5.74) is 0. The number of benzene rings is 1. The molecule has 0 spiro atoms. The lowest BCUT2D eigenvalue weighted by molar-refractivity contribution is -0.146. The molecule has 1 aliphatic rings. The van der Waals surface area contributed by atoms with Gasteiger partial charge in [-0.2, -0.15) is 0 Å². The number of nitrogens with zero attached hydrogens (tertiary/aromatic N) is 2. The van der Waals surface area contributed by atoms with E-state index >= 15 is 0 Å². The molecule has 0 aromatic heterocycles. The van der Waals surface area contributed by atoms with Crippen molar-refractivity contribution >= 4 is 29.5 Å². The van der Waals surface area contributed by atoms with Crippen molar-refractivity contribution in [1.29, 1.82) is 0 Å². The van der Waals surface area contributed by atoms with Gasteiger partial charge in [0.1, 0.15) is 5.82 Å². The van der Waals surface area contributed by atoms with Crippen LogP contribution in [0.2, 0.25) is 0 Å². The summed E-state index contributed by atoms with van der Waals surface area (Å²) in [7, 11) is 1.60. The number of carbonyl (C=O) groups is 3. The zero-order valence-electron chi connectivity index (χ0n) is 15.6. The molecule has 1 fully saturated rings. The zero-order chi connectivity index (χ0) is 20.0. The number of hydrogen-bond donors (Lipinski definition) is 1. The molecule has 0 aliphatic carbocycles. The summed E-state index contributed by atoms with van der Waals surface area (Å²) >= 11 is 1.47. The van der Waals surface area contributed by atoms with E-state index in [2.05, 4.69) is 0 Å². The van der Waals surface area contributed by atoms with Gasteiger partial charge in [-0.1, -0.05) is 6.92 Å². The fraction of sp³-hybridized carbons (Fsp3) is 0.526. The molecular weight excluding hydrogens is 371 g/mol. The van der Waals surface area contributed by atoms with Gasteiger partial charge in [-0.15, -0.1) is 11.8 Å². The van der Waals surface area contributed by atoms with Gasteiger partial charge in [0.2, 0.25) is 11.8 Å². The molecule has 2 amide bonds. The van der Waals surface area contributed by atoms with Gasteiger partial charge < -0.3 is 14.9 Å². The van der Waals surface area contributed by atoms with Gasteiger partial charge in [0.15, 0.2) is 0 Å². The van der Waals surface area contributed by atoms with E-state index in [9.17, 15) is 18.8 Å². The maximum Gasteiger partial charge on any atom is 0.306 e. The molecule has 1 aromatic carbocycles. The first kappa shape index (κ1) is 21.2. The number of aliphatic carboxylic acids is 1. The lowest BCUT2D eigenvalue weighted by Gasteiger charge is -2.31. The minimum atomic E-state index is -0.818. The predicted molar refractivity (Wildman–Crippen MR) is 101 cm³/mol. The first-order valence-electron chi connectivity index (χ1n) is 8.92. The standard InChI is InChI=1S/C19H25FN2O4S/c1-13(12-27-16-5-3-15(20)4-6-16)18(24)21(2)11-17(23)22-9-7-14(8-10-22)19(25)26/h3-6,13-14H,7-12H2,1-2H3,(H,25,26). The van der Waals surface area contributed by atoms with E-state index in [0.717, 1.165) is 4.90 Å². The highest BCUT2D eigenvalue weighted by molar-refractivity contribution is 7.99. The molecule has 1 aromatic rings. The summed E-state index contributed by atoms with van der Waals surface area (Å²) in [4.78, 5) is 39.8. The maximum absolute atomic E-state index is 12.9. The molecule has 1 saturated heterocycles. The lowest BCUT2D eigenvalue weighted by atomic mass is 9.97. The minimum Gasteiger partial charge on any atom is -0.481 e. The molecule has 1 aliphatic heterocycles. The third-order valence-electron chi connectivity index (χ3n) is 4.68. The second-order valence-electron chi connectivity index (χ2n) is 6.85. The molecule has 1 N–H and O–H groups in total. The molecule has 6 nitrogen and oxygen atoms in total. The van der Waals surface area contributed by atoms with E-state index in [1.54, 1.807) is 31.0 Å². The van der Waals surface area contributed by atoms with E-state index < -0.39 is 11.9 Å². The topological polar surface area (TPSA) is 77.9 Å². The number of hydrogen-bond acceptors (Lipinski definition) is 4. The first-order chi connectivity index (χ1) is 12.8. The molecule has 148 valence electrons. The fourth-order valence-corrected chi connectivity index (χ4v) is 3.87. The highest BCUT2D eigenvalue weighted by Crippen LogP contribution is 2.22. The minimum absolute atomic E-state index is 0.0118. The van der Waals surface area contributed by atoms with E-state index in [4.69, 9.17) is 5.11 Å². The zero-order valence-corrected chi connectivity index (χ0v) is 16.4. The highest BCUT2D eigenvalue weighted by atomic mass is 32.2. The Hall–Kier alpha value is -2.09. The molecule has 0 radical (unpaired) electrons. The van der Waals surface area contributed by atoms with Crippen molar-refractivity contribution in [3.8, 4) is 0 Å². The molecular formula is C19H25FN2O4S. The van der Waals surface area contributed by atoms with Crippen molar-refractivity contribution in [2.75, 3.05) is 32.4 Å². The summed E-state index contributed by atoms with van der Waals surface area (Å²) in [5, 5.41) is 9.01. The number of rotatable bonds is 7. The Kier molecular flexibility index (Phi) is 7.65. The van der Waals surface area contributed by atoms with Crippen molar-refractivity contribution in [2.45, 2.75) is 24.7 Å². The average Bonchev–Trinajstić information content (AvgIpc) is 2.66. The largest absolute Gasteiger partial charge is 0.481 e. The molecule has 1 heterocycles. The van der Waals surface area contributed by atoms with Crippen molar-refractivity contribution in [3.63, 3.8) is 0 Å². The van der Waals surface area contributed by atoms with Crippen LogP contribution in [0.4, 0.5) is 4.39 Å². The Morgan fingerprint density at radius 1 is 1.26 bits per heavy atom. The quantitative estimate of drug-likeness (QED) is 0.716. The van der Waals surface area contributed by atoms with E-state index in [-0.39, 0.29) is 30.1 Å². The van der Waals surface area contributed by atoms with Crippen molar-refractivity contribution in [1.82, 2.24) is 9.80 Å². The number of carbonyl (C=O) groups excluding carboxylic acids is 2. The monoisotopic (exact) mass is 396 g/mol. The number of halogens is 1. The molecule has 27 heavy (non-hydrogen) atoms. The van der Waals surface area contributed by atoms with Crippen LogP contribution >= 0.6 is 11.8 Å². The summed E-state index contributed by atoms with van der Waals surface area (Å²) in [6, 6.07) is 6.11. The van der Waals surface area contributed by atoms with Crippen LogP contribution in [0.15, 0.2) is 29.2 Å². The number of thioether (sulfide) groups is 1. The van der Waals surface area contributed by atoms with E-state index in [1.165, 1.54) is 28.8 Å². The molecule has 0 saturated carbocycles. The Bertz CT molecular complexity index is 675. The van der Waals surface area contributed by atoms with Gasteiger partial charge in [0.05, 0.1) is 12.5 Å². The van der Waals surface area contributed by atoms with Gasteiger partial charge in [0, 0.05) is 36.7 Å². The summed E-state index contributed by atoms with van der Waals surface area (Å²) in [6.45, 7) is 2.61. The maximum atomic E-state index is 12.9. The van der Waals surface area contributed by atoms with Crippen LogP contribution < -0.4 is 0 Å². The molecule has 2 rings (SSSR count). The smallest absolute Gasteiger partial charge is 0.306 e. The first-order valence-corrected chi connectivity index (χ1v) is 9.90. The summed E-state index contributed by atoms with van der Waals surface area (Å²) in [6.07, 6.45) is 0.896. The number of piperidine rings is 1. The SMILES string of the molecule is CC(CSc1ccc(F)cc1)C(=O)N(C)CC(=O)N1CCC(C(=O)O)CC1.